The summed E-state index contributed by atoms with van der Waals surface area (Å²) in [6.07, 6.45) is 1.06. The molecule has 7 heteroatoms. The highest BCUT2D eigenvalue weighted by Crippen LogP contribution is 2.43. The van der Waals surface area contributed by atoms with E-state index in [1.165, 1.54) is 4.90 Å². The largest absolute Gasteiger partial charge is 0.486 e. The second kappa shape index (κ2) is 5.98. The summed E-state index contributed by atoms with van der Waals surface area (Å²) in [5.74, 6) is 0.545. The Hall–Kier alpha value is -2.44. The van der Waals surface area contributed by atoms with Crippen LogP contribution in [0.1, 0.15) is 26.7 Å². The van der Waals surface area contributed by atoms with Crippen molar-refractivity contribution in [1.29, 1.82) is 0 Å². The molecule has 0 fully saturated rings. The van der Waals surface area contributed by atoms with Gasteiger partial charge in [-0.2, -0.15) is 0 Å². The number of fused-ring (bicyclic) bond motifs is 2. The Labute approximate surface area is 134 Å². The molecule has 1 aromatic rings. The van der Waals surface area contributed by atoms with Crippen LogP contribution in [0.2, 0.25) is 0 Å². The number of anilines is 2. The molecule has 2 atom stereocenters. The van der Waals surface area contributed by atoms with Gasteiger partial charge in [-0.3, -0.25) is 14.5 Å². The highest BCUT2D eigenvalue weighted by molar-refractivity contribution is 6.09. The number of carbonyl (C=O) groups is 2. The maximum absolute atomic E-state index is 12.8. The van der Waals surface area contributed by atoms with Crippen LogP contribution < -0.4 is 25.4 Å². The molecule has 0 aliphatic carbocycles. The van der Waals surface area contributed by atoms with E-state index in [0.29, 0.717) is 43.2 Å². The van der Waals surface area contributed by atoms with Gasteiger partial charge in [-0.15, -0.1) is 0 Å². The van der Waals surface area contributed by atoms with Gasteiger partial charge in [-0.1, -0.05) is 13.8 Å². The maximum atomic E-state index is 12.8. The van der Waals surface area contributed by atoms with Crippen LogP contribution in [0.15, 0.2) is 12.1 Å². The van der Waals surface area contributed by atoms with E-state index >= 15 is 0 Å². The average Bonchev–Trinajstić information content (AvgIpc) is 2.55. The minimum absolute atomic E-state index is 0.151. The molecular formula is C16H21N3O4. The van der Waals surface area contributed by atoms with Gasteiger partial charge in [0.2, 0.25) is 11.8 Å². The number of hydrogen-bond donors (Lipinski definition) is 2. The summed E-state index contributed by atoms with van der Waals surface area (Å²) < 4.78 is 11.2. The second-order valence-electron chi connectivity index (χ2n) is 5.65. The van der Waals surface area contributed by atoms with Crippen molar-refractivity contribution in [2.45, 2.75) is 38.8 Å². The van der Waals surface area contributed by atoms with Gasteiger partial charge in [0, 0.05) is 12.1 Å². The third-order valence-electron chi connectivity index (χ3n) is 4.22. The molecule has 2 aliphatic rings. The van der Waals surface area contributed by atoms with E-state index in [1.807, 2.05) is 19.9 Å². The summed E-state index contributed by atoms with van der Waals surface area (Å²) in [4.78, 5) is 26.1. The van der Waals surface area contributed by atoms with E-state index in [-0.39, 0.29) is 5.91 Å². The lowest BCUT2D eigenvalue weighted by molar-refractivity contribution is -0.125. The minimum atomic E-state index is -0.681. The fourth-order valence-electron chi connectivity index (χ4n) is 3.04. The topological polar surface area (TPSA) is 93.9 Å². The predicted molar refractivity (Wildman–Crippen MR) is 85.9 cm³/mol. The van der Waals surface area contributed by atoms with Crippen molar-refractivity contribution in [3.63, 3.8) is 0 Å². The Morgan fingerprint density at radius 2 is 2.00 bits per heavy atom. The van der Waals surface area contributed by atoms with Crippen LogP contribution in [-0.4, -0.2) is 37.1 Å². The normalized spacial score (nSPS) is 20.5. The van der Waals surface area contributed by atoms with Crippen molar-refractivity contribution in [2.75, 3.05) is 23.4 Å². The Bertz CT molecular complexity index is 646. The summed E-state index contributed by atoms with van der Waals surface area (Å²) >= 11 is 0. The fraction of sp³-hybridized carbons (Fsp3) is 0.500. The fourth-order valence-corrected chi connectivity index (χ4v) is 3.04. The predicted octanol–water partition coefficient (Wildman–Crippen LogP) is 1.26. The van der Waals surface area contributed by atoms with Crippen LogP contribution in [-0.2, 0) is 9.59 Å². The quantitative estimate of drug-likeness (QED) is 0.871. The lowest BCUT2D eigenvalue weighted by Crippen LogP contribution is -2.55. The molecular weight excluding hydrogens is 298 g/mol. The van der Waals surface area contributed by atoms with E-state index < -0.39 is 18.0 Å². The van der Waals surface area contributed by atoms with Crippen molar-refractivity contribution < 1.29 is 19.1 Å². The first-order valence-electron chi connectivity index (χ1n) is 7.89. The molecule has 2 amide bonds. The SMILES string of the molecule is CCC1Nc2cc3c(cc2N(C(CC)C(N)=O)C1=O)OCCO3. The van der Waals surface area contributed by atoms with Crippen molar-refractivity contribution in [2.24, 2.45) is 5.73 Å². The number of nitrogens with zero attached hydrogens (tertiary/aromatic N) is 1. The van der Waals surface area contributed by atoms with Gasteiger partial charge in [0.15, 0.2) is 11.5 Å². The van der Waals surface area contributed by atoms with Gasteiger partial charge in [0.05, 0.1) is 11.4 Å². The molecule has 2 heterocycles. The molecule has 3 N–H and O–H groups in total. The van der Waals surface area contributed by atoms with Crippen molar-refractivity contribution in [3.8, 4) is 11.5 Å². The van der Waals surface area contributed by atoms with Crippen molar-refractivity contribution in [3.05, 3.63) is 12.1 Å². The summed E-state index contributed by atoms with van der Waals surface area (Å²) in [5, 5.41) is 3.22. The van der Waals surface area contributed by atoms with Gasteiger partial charge < -0.3 is 20.5 Å². The molecule has 23 heavy (non-hydrogen) atoms. The number of nitrogens with two attached hydrogens (primary N) is 1. The standard InChI is InChI=1S/C16H21N3O4/c1-3-9-16(21)19(11(4-2)15(17)20)12-8-14-13(7-10(12)18-9)22-5-6-23-14/h7-9,11,18H,3-6H2,1-2H3,(H2,17,20). The van der Waals surface area contributed by atoms with Gasteiger partial charge in [-0.25, -0.2) is 0 Å². The Morgan fingerprint density at radius 3 is 2.57 bits per heavy atom. The minimum Gasteiger partial charge on any atom is -0.486 e. The number of rotatable bonds is 4. The maximum Gasteiger partial charge on any atom is 0.250 e. The van der Waals surface area contributed by atoms with E-state index in [2.05, 4.69) is 5.32 Å². The third-order valence-corrected chi connectivity index (χ3v) is 4.22. The molecule has 2 aliphatic heterocycles. The molecule has 0 saturated heterocycles. The molecule has 2 unspecified atom stereocenters. The smallest absolute Gasteiger partial charge is 0.250 e. The number of ether oxygens (including phenoxy) is 2. The summed E-state index contributed by atoms with van der Waals surface area (Å²) in [5.41, 5.74) is 6.87. The molecule has 3 rings (SSSR count). The highest BCUT2D eigenvalue weighted by Gasteiger charge is 2.38. The first-order valence-corrected chi connectivity index (χ1v) is 7.89. The monoisotopic (exact) mass is 319 g/mol. The van der Waals surface area contributed by atoms with Crippen LogP contribution in [0.4, 0.5) is 11.4 Å². The van der Waals surface area contributed by atoms with Gasteiger partial charge in [0.25, 0.3) is 0 Å². The molecule has 0 saturated carbocycles. The van der Waals surface area contributed by atoms with E-state index in [9.17, 15) is 9.59 Å². The number of nitrogens with one attached hydrogen (secondary N) is 1. The summed E-state index contributed by atoms with van der Waals surface area (Å²) in [6.45, 7) is 4.70. The Balaban J connectivity index is 2.12. The van der Waals surface area contributed by atoms with E-state index in [0.717, 1.165) is 5.69 Å². The first kappa shape index (κ1) is 15.5. The van der Waals surface area contributed by atoms with Crippen molar-refractivity contribution in [1.82, 2.24) is 0 Å². The van der Waals surface area contributed by atoms with Crippen LogP contribution >= 0.6 is 0 Å². The lowest BCUT2D eigenvalue weighted by atomic mass is 10.0. The number of amides is 2. The summed E-state index contributed by atoms with van der Waals surface area (Å²) in [7, 11) is 0. The van der Waals surface area contributed by atoms with Crippen LogP contribution in [0.25, 0.3) is 0 Å². The number of primary amides is 1. The molecule has 7 nitrogen and oxygen atoms in total. The Kier molecular flexibility index (Phi) is 4.02. The second-order valence-corrected chi connectivity index (χ2v) is 5.65. The third kappa shape index (κ3) is 2.56. The molecule has 0 radical (unpaired) electrons. The number of hydrogen-bond acceptors (Lipinski definition) is 5. The van der Waals surface area contributed by atoms with Crippen LogP contribution in [0.5, 0.6) is 11.5 Å². The summed E-state index contributed by atoms with van der Waals surface area (Å²) in [6, 6.07) is 2.49. The lowest BCUT2D eigenvalue weighted by Gasteiger charge is -2.39. The zero-order valence-electron chi connectivity index (χ0n) is 13.3. The zero-order valence-corrected chi connectivity index (χ0v) is 13.3. The molecule has 0 bridgehead atoms. The van der Waals surface area contributed by atoms with Gasteiger partial charge in [0.1, 0.15) is 25.3 Å². The van der Waals surface area contributed by atoms with Gasteiger partial charge in [-0.05, 0) is 12.8 Å². The zero-order chi connectivity index (χ0) is 16.6. The average molecular weight is 319 g/mol. The number of benzene rings is 1. The van der Waals surface area contributed by atoms with E-state index in [1.54, 1.807) is 6.07 Å². The first-order chi connectivity index (χ1) is 11.1. The van der Waals surface area contributed by atoms with Gasteiger partial charge >= 0.3 is 0 Å². The van der Waals surface area contributed by atoms with Crippen molar-refractivity contribution >= 4 is 23.2 Å². The highest BCUT2D eigenvalue weighted by atomic mass is 16.6. The molecule has 1 aromatic carbocycles. The molecule has 124 valence electrons. The van der Waals surface area contributed by atoms with Crippen LogP contribution in [0.3, 0.4) is 0 Å². The molecule has 0 spiro atoms. The Morgan fingerprint density at radius 1 is 1.35 bits per heavy atom. The van der Waals surface area contributed by atoms with E-state index in [4.69, 9.17) is 15.2 Å². The number of carbonyl (C=O) groups excluding carboxylic acids is 2. The molecule has 0 aromatic heterocycles. The van der Waals surface area contributed by atoms with Crippen LogP contribution in [0, 0.1) is 0 Å².